The summed E-state index contributed by atoms with van der Waals surface area (Å²) in [6.07, 6.45) is 7.34. The van der Waals surface area contributed by atoms with Gasteiger partial charge in [0.15, 0.2) is 0 Å². The lowest BCUT2D eigenvalue weighted by Gasteiger charge is -2.32. The van der Waals surface area contributed by atoms with Crippen LogP contribution in [0.4, 0.5) is 14.4 Å². The number of aromatic amines is 1. The molecule has 3 amide bonds. The van der Waals surface area contributed by atoms with Crippen LogP contribution in [0.1, 0.15) is 93.8 Å². The molecule has 12 heteroatoms. The van der Waals surface area contributed by atoms with Gasteiger partial charge < -0.3 is 30.4 Å². The zero-order valence-electron chi connectivity index (χ0n) is 27.1. The lowest BCUT2D eigenvalue weighted by Crippen LogP contribution is -2.37. The molecule has 46 heavy (non-hydrogen) atoms. The molecule has 1 saturated heterocycles. The van der Waals surface area contributed by atoms with Crippen LogP contribution in [0.25, 0.3) is 22.2 Å². The van der Waals surface area contributed by atoms with Crippen molar-refractivity contribution in [3.63, 3.8) is 0 Å². The van der Waals surface area contributed by atoms with Crippen LogP contribution in [-0.4, -0.2) is 65.0 Å². The van der Waals surface area contributed by atoms with Gasteiger partial charge in [-0.25, -0.2) is 19.4 Å². The molecule has 0 spiro atoms. The van der Waals surface area contributed by atoms with E-state index < -0.39 is 29.2 Å². The number of H-pyrrole nitrogens is 1. The van der Waals surface area contributed by atoms with Gasteiger partial charge in [0, 0.05) is 42.6 Å². The number of urea groups is 1. The van der Waals surface area contributed by atoms with Gasteiger partial charge in [-0.05, 0) is 104 Å². The third kappa shape index (κ3) is 5.67. The minimum Gasteiger partial charge on any atom is -0.463 e. The summed E-state index contributed by atoms with van der Waals surface area (Å²) in [6, 6.07) is 5.15. The van der Waals surface area contributed by atoms with Crippen LogP contribution in [0.15, 0.2) is 43.0 Å². The van der Waals surface area contributed by atoms with Crippen LogP contribution in [0.3, 0.4) is 0 Å². The highest BCUT2D eigenvalue weighted by Gasteiger charge is 2.42. The second kappa shape index (κ2) is 11.2. The van der Waals surface area contributed by atoms with E-state index in [2.05, 4.69) is 33.3 Å². The molecule has 4 N–H and O–H groups in total. The van der Waals surface area contributed by atoms with Crippen LogP contribution in [-0.2, 0) is 16.7 Å². The van der Waals surface area contributed by atoms with E-state index in [0.717, 1.165) is 67.5 Å². The molecule has 2 atom stereocenters. The summed E-state index contributed by atoms with van der Waals surface area (Å²) in [5.74, 6) is 0. The SMILES string of the molecule is Cc1c[nH]c2ncc(-c3cc4c(c([C@@H]5CCCN5C(=O)OC(C)(C)C)c3)CN(C(N)=O)[C@H]4CC(C)(C)c3cnn(C(=O)O)c3)cc12. The Morgan fingerprint density at radius 2 is 1.80 bits per heavy atom. The van der Waals surface area contributed by atoms with Gasteiger partial charge in [-0.15, -0.1) is 0 Å². The molecule has 1 aromatic carbocycles. The number of hydrogen-bond acceptors (Lipinski definition) is 6. The second-order valence-electron chi connectivity index (χ2n) is 14.1. The third-order valence-corrected chi connectivity index (χ3v) is 9.24. The fraction of sp³-hybridized carbons (Fsp3) is 0.441. The average molecular weight is 628 g/mol. The summed E-state index contributed by atoms with van der Waals surface area (Å²) in [7, 11) is 0. The number of ether oxygens (including phenoxy) is 1. The molecule has 0 bridgehead atoms. The largest absolute Gasteiger partial charge is 0.463 e. The van der Waals surface area contributed by atoms with Gasteiger partial charge in [-0.2, -0.15) is 9.78 Å². The van der Waals surface area contributed by atoms with E-state index in [9.17, 15) is 19.5 Å². The number of benzene rings is 1. The molecule has 242 valence electrons. The van der Waals surface area contributed by atoms with Crippen molar-refractivity contribution in [2.24, 2.45) is 5.73 Å². The summed E-state index contributed by atoms with van der Waals surface area (Å²) in [4.78, 5) is 49.4. The summed E-state index contributed by atoms with van der Waals surface area (Å²) in [6.45, 7) is 12.5. The van der Waals surface area contributed by atoms with Crippen LogP contribution in [0.5, 0.6) is 0 Å². The molecular formula is C34H41N7O5. The number of aromatic nitrogens is 4. The lowest BCUT2D eigenvalue weighted by atomic mass is 9.78. The Kier molecular flexibility index (Phi) is 7.57. The number of rotatable bonds is 5. The first-order chi connectivity index (χ1) is 21.6. The van der Waals surface area contributed by atoms with Crippen molar-refractivity contribution in [1.82, 2.24) is 29.5 Å². The van der Waals surface area contributed by atoms with Crippen LogP contribution in [0.2, 0.25) is 0 Å². The first-order valence-electron chi connectivity index (χ1n) is 15.6. The first-order valence-corrected chi connectivity index (χ1v) is 15.6. The minimum atomic E-state index is -1.17. The van der Waals surface area contributed by atoms with E-state index in [1.54, 1.807) is 16.0 Å². The molecule has 0 aliphatic carbocycles. The van der Waals surface area contributed by atoms with E-state index in [1.165, 1.54) is 6.20 Å². The monoisotopic (exact) mass is 627 g/mol. The quantitative estimate of drug-likeness (QED) is 0.224. The highest BCUT2D eigenvalue weighted by atomic mass is 16.6. The number of amides is 3. The number of nitrogens with two attached hydrogens (primary N) is 1. The van der Waals surface area contributed by atoms with Crippen LogP contribution >= 0.6 is 0 Å². The number of aryl methyl sites for hydroxylation is 1. The number of hydrogen-bond donors (Lipinski definition) is 3. The van der Waals surface area contributed by atoms with E-state index in [0.29, 0.717) is 19.5 Å². The molecule has 2 aliphatic heterocycles. The fourth-order valence-electron chi connectivity index (χ4n) is 6.86. The Balaban J connectivity index is 1.49. The molecule has 0 radical (unpaired) electrons. The molecule has 0 saturated carbocycles. The molecule has 12 nitrogen and oxygen atoms in total. The van der Waals surface area contributed by atoms with Crippen molar-refractivity contribution in [3.05, 3.63) is 70.8 Å². The van der Waals surface area contributed by atoms with E-state index in [1.807, 2.05) is 53.9 Å². The summed E-state index contributed by atoms with van der Waals surface area (Å²) in [5, 5.41) is 14.5. The molecule has 3 aromatic heterocycles. The number of nitrogens with zero attached hydrogens (tertiary/aromatic N) is 5. The number of fused-ring (bicyclic) bond motifs is 2. The van der Waals surface area contributed by atoms with Gasteiger partial charge in [0.2, 0.25) is 0 Å². The van der Waals surface area contributed by atoms with Gasteiger partial charge in [0.25, 0.3) is 0 Å². The zero-order valence-corrected chi connectivity index (χ0v) is 27.1. The number of nitrogens with one attached hydrogen (secondary N) is 1. The van der Waals surface area contributed by atoms with Crippen molar-refractivity contribution in [1.29, 1.82) is 0 Å². The summed E-state index contributed by atoms with van der Waals surface area (Å²) in [5.41, 5.74) is 12.2. The Hall–Kier alpha value is -4.87. The van der Waals surface area contributed by atoms with Crippen LogP contribution < -0.4 is 5.73 Å². The van der Waals surface area contributed by atoms with E-state index >= 15 is 0 Å². The smallest absolute Gasteiger partial charge is 0.432 e. The van der Waals surface area contributed by atoms with Gasteiger partial charge in [0.1, 0.15) is 11.2 Å². The van der Waals surface area contributed by atoms with Gasteiger partial charge in [-0.1, -0.05) is 13.8 Å². The highest BCUT2D eigenvalue weighted by Crippen LogP contribution is 2.48. The van der Waals surface area contributed by atoms with Crippen molar-refractivity contribution in [3.8, 4) is 11.1 Å². The second-order valence-corrected chi connectivity index (χ2v) is 14.1. The number of carboxylic acid groups (broad SMARTS) is 1. The Bertz CT molecular complexity index is 1850. The maximum atomic E-state index is 13.4. The number of primary amides is 1. The number of carbonyl (C=O) groups excluding carboxylic acids is 2. The highest BCUT2D eigenvalue weighted by molar-refractivity contribution is 5.85. The van der Waals surface area contributed by atoms with Crippen molar-refractivity contribution < 1.29 is 24.2 Å². The average Bonchev–Trinajstić information content (AvgIpc) is 3.78. The van der Waals surface area contributed by atoms with Crippen molar-refractivity contribution in [2.75, 3.05) is 6.54 Å². The van der Waals surface area contributed by atoms with Crippen molar-refractivity contribution in [2.45, 2.75) is 90.4 Å². The minimum absolute atomic E-state index is 0.246. The van der Waals surface area contributed by atoms with Gasteiger partial charge >= 0.3 is 18.2 Å². The lowest BCUT2D eigenvalue weighted by molar-refractivity contribution is 0.0223. The Morgan fingerprint density at radius 3 is 2.48 bits per heavy atom. The van der Waals surface area contributed by atoms with Crippen LogP contribution in [0, 0.1) is 6.92 Å². The van der Waals surface area contributed by atoms with Gasteiger partial charge in [-0.3, -0.25) is 0 Å². The van der Waals surface area contributed by atoms with Gasteiger partial charge in [0.05, 0.1) is 18.3 Å². The normalized spacial score (nSPS) is 18.3. The maximum Gasteiger partial charge on any atom is 0.432 e. The zero-order chi connectivity index (χ0) is 33.1. The predicted molar refractivity (Wildman–Crippen MR) is 172 cm³/mol. The molecular weight excluding hydrogens is 586 g/mol. The fourth-order valence-corrected chi connectivity index (χ4v) is 6.86. The Morgan fingerprint density at radius 1 is 1.07 bits per heavy atom. The van der Waals surface area contributed by atoms with Crippen molar-refractivity contribution >= 4 is 29.3 Å². The maximum absolute atomic E-state index is 13.4. The molecule has 6 rings (SSSR count). The first kappa shape index (κ1) is 31.1. The van der Waals surface area contributed by atoms with E-state index in [-0.39, 0.29) is 12.1 Å². The number of likely N-dealkylation sites (tertiary alicyclic amines) is 1. The Labute approximate surface area is 267 Å². The predicted octanol–water partition coefficient (Wildman–Crippen LogP) is 6.64. The molecule has 1 fully saturated rings. The number of pyridine rings is 1. The molecule has 4 aromatic rings. The van der Waals surface area contributed by atoms with E-state index in [4.69, 9.17) is 10.5 Å². The summed E-state index contributed by atoms with van der Waals surface area (Å²) < 4.78 is 6.70. The number of carbonyl (C=O) groups is 3. The standard InChI is InChI=1S/C34H41N7O5/c1-19-14-36-29-23(19)12-21(15-37-29)20-10-24(27-8-7-9-39(27)32(45)46-33(2,3)4)26-18-40(30(35)42)28(25(26)11-20)13-34(5,6)22-16-38-41(17-22)31(43)44/h10-12,14-17,27-28H,7-9,13,18H2,1-6H3,(H2,35,42)(H,36,37)(H,43,44)/t27-,28-/m0/s1. The molecule has 2 aliphatic rings. The third-order valence-electron chi connectivity index (χ3n) is 9.24. The topological polar surface area (TPSA) is 160 Å². The summed E-state index contributed by atoms with van der Waals surface area (Å²) >= 11 is 0. The molecule has 5 heterocycles. The molecule has 0 unspecified atom stereocenters.